The summed E-state index contributed by atoms with van der Waals surface area (Å²) >= 11 is 5.94. The van der Waals surface area contributed by atoms with Gasteiger partial charge >= 0.3 is 0 Å². The van der Waals surface area contributed by atoms with Crippen molar-refractivity contribution in [2.45, 2.75) is 25.0 Å². The molecule has 0 amide bonds. The number of aliphatic hydroxyl groups is 1. The number of likely N-dealkylation sites (N-methyl/N-ethyl adjacent to an activating group) is 1. The fraction of sp³-hybridized carbons (Fsp3) is 0.348. The van der Waals surface area contributed by atoms with Gasteiger partial charge in [-0.2, -0.15) is 0 Å². The average Bonchev–Trinajstić information content (AvgIpc) is 2.77. The van der Waals surface area contributed by atoms with Gasteiger partial charge in [-0.15, -0.1) is 0 Å². The van der Waals surface area contributed by atoms with Crippen molar-refractivity contribution >= 4 is 34.3 Å². The predicted molar refractivity (Wildman–Crippen MR) is 121 cm³/mol. The minimum atomic E-state index is -0.728. The summed E-state index contributed by atoms with van der Waals surface area (Å²) in [5, 5.41) is 11.4. The summed E-state index contributed by atoms with van der Waals surface area (Å²) in [6.07, 6.45) is 8.00. The Labute approximate surface area is 184 Å². The van der Waals surface area contributed by atoms with Crippen molar-refractivity contribution in [3.05, 3.63) is 69.0 Å². The maximum Gasteiger partial charge on any atom is 0.261 e. The predicted octanol–water partition coefficient (Wildman–Crippen LogP) is 2.82. The van der Waals surface area contributed by atoms with Gasteiger partial charge in [0.05, 0.1) is 36.2 Å². The van der Waals surface area contributed by atoms with Gasteiger partial charge in [0.2, 0.25) is 0 Å². The number of aromatic nitrogens is 3. The van der Waals surface area contributed by atoms with Gasteiger partial charge < -0.3 is 14.7 Å². The quantitative estimate of drug-likeness (QED) is 0.633. The van der Waals surface area contributed by atoms with Crippen LogP contribution in [0.4, 0.5) is 5.69 Å². The Kier molecular flexibility index (Phi) is 5.25. The van der Waals surface area contributed by atoms with E-state index in [1.54, 1.807) is 23.2 Å². The third-order valence-electron chi connectivity index (χ3n) is 6.05. The molecule has 1 aromatic carbocycles. The zero-order chi connectivity index (χ0) is 21.5. The molecule has 2 atom stereocenters. The van der Waals surface area contributed by atoms with Crippen molar-refractivity contribution in [1.82, 2.24) is 14.5 Å². The fourth-order valence-corrected chi connectivity index (χ4v) is 4.59. The molecule has 160 valence electrons. The van der Waals surface area contributed by atoms with Crippen molar-refractivity contribution in [2.24, 2.45) is 0 Å². The Balaban J connectivity index is 1.69. The Bertz CT molecular complexity index is 1220. The van der Waals surface area contributed by atoms with Crippen LogP contribution in [-0.2, 0) is 11.2 Å². The van der Waals surface area contributed by atoms with E-state index in [2.05, 4.69) is 27.0 Å². The zero-order valence-corrected chi connectivity index (χ0v) is 17.9. The van der Waals surface area contributed by atoms with E-state index >= 15 is 0 Å². The molecule has 0 saturated carbocycles. The smallest absolute Gasteiger partial charge is 0.261 e. The van der Waals surface area contributed by atoms with Crippen LogP contribution in [-0.4, -0.2) is 52.6 Å². The maximum absolute atomic E-state index is 13.5. The second-order valence-electron chi connectivity index (χ2n) is 8.10. The van der Waals surface area contributed by atoms with Crippen molar-refractivity contribution in [3.63, 3.8) is 0 Å². The van der Waals surface area contributed by atoms with E-state index in [9.17, 15) is 9.90 Å². The number of anilines is 1. The topological polar surface area (TPSA) is 80.5 Å². The molecular weight excluding hydrogens is 416 g/mol. The first-order valence-corrected chi connectivity index (χ1v) is 10.7. The van der Waals surface area contributed by atoms with Crippen molar-refractivity contribution in [1.29, 1.82) is 0 Å². The number of pyridine rings is 1. The molecule has 31 heavy (non-hydrogen) atoms. The number of benzene rings is 1. The van der Waals surface area contributed by atoms with Crippen molar-refractivity contribution in [3.8, 4) is 0 Å². The molecular formula is C23H23ClN4O3. The Morgan fingerprint density at radius 1 is 1.32 bits per heavy atom. The zero-order valence-electron chi connectivity index (χ0n) is 17.2. The van der Waals surface area contributed by atoms with E-state index in [4.69, 9.17) is 16.3 Å². The third-order valence-corrected chi connectivity index (χ3v) is 6.28. The summed E-state index contributed by atoms with van der Waals surface area (Å²) in [5.41, 5.74) is 4.59. The summed E-state index contributed by atoms with van der Waals surface area (Å²) in [5.74, 6) is 0. The first-order chi connectivity index (χ1) is 15.0. The summed E-state index contributed by atoms with van der Waals surface area (Å²) in [4.78, 5) is 24.5. The maximum atomic E-state index is 13.5. The Morgan fingerprint density at radius 2 is 2.19 bits per heavy atom. The van der Waals surface area contributed by atoms with Crippen LogP contribution in [0.5, 0.6) is 0 Å². The first kappa shape index (κ1) is 20.2. The number of hydrogen-bond acceptors (Lipinski definition) is 6. The highest BCUT2D eigenvalue weighted by molar-refractivity contribution is 6.29. The second kappa shape index (κ2) is 8.07. The van der Waals surface area contributed by atoms with Gasteiger partial charge in [0.15, 0.2) is 0 Å². The molecule has 0 bridgehead atoms. The monoisotopic (exact) mass is 438 g/mol. The second-order valence-corrected chi connectivity index (χ2v) is 8.49. The first-order valence-electron chi connectivity index (χ1n) is 10.3. The molecule has 2 aliphatic rings. The average molecular weight is 439 g/mol. The van der Waals surface area contributed by atoms with Crippen LogP contribution in [0.3, 0.4) is 0 Å². The fourth-order valence-electron chi connectivity index (χ4n) is 4.47. The summed E-state index contributed by atoms with van der Waals surface area (Å²) in [7, 11) is 2.00. The Hall–Kier alpha value is -2.74. The van der Waals surface area contributed by atoms with Gasteiger partial charge in [0.25, 0.3) is 5.56 Å². The van der Waals surface area contributed by atoms with Gasteiger partial charge in [0, 0.05) is 32.0 Å². The molecule has 8 heteroatoms. The molecule has 1 saturated heterocycles. The van der Waals surface area contributed by atoms with Crippen LogP contribution in [0.2, 0.25) is 5.15 Å². The van der Waals surface area contributed by atoms with Crippen molar-refractivity contribution in [2.75, 3.05) is 31.7 Å². The van der Waals surface area contributed by atoms with Crippen LogP contribution in [0.1, 0.15) is 29.2 Å². The van der Waals surface area contributed by atoms with E-state index < -0.39 is 6.10 Å². The lowest BCUT2D eigenvalue weighted by Crippen LogP contribution is -2.39. The summed E-state index contributed by atoms with van der Waals surface area (Å²) in [6.45, 7) is 1.48. The highest BCUT2D eigenvalue weighted by Crippen LogP contribution is 2.35. The summed E-state index contributed by atoms with van der Waals surface area (Å²) in [6, 6.07) is 5.31. The van der Waals surface area contributed by atoms with Crippen LogP contribution in [0.15, 0.2) is 41.6 Å². The molecule has 0 spiro atoms. The molecule has 2 aromatic heterocycles. The molecule has 0 aliphatic carbocycles. The highest BCUT2D eigenvalue weighted by Gasteiger charge is 2.28. The van der Waals surface area contributed by atoms with Gasteiger partial charge in [-0.3, -0.25) is 9.36 Å². The number of ether oxygens (including phenoxy) is 1. The van der Waals surface area contributed by atoms with E-state index in [-0.39, 0.29) is 18.2 Å². The lowest BCUT2D eigenvalue weighted by atomic mass is 9.94. The minimum absolute atomic E-state index is 0.141. The molecule has 1 N–H and O–H groups in total. The van der Waals surface area contributed by atoms with E-state index in [1.807, 2.05) is 19.2 Å². The van der Waals surface area contributed by atoms with Crippen LogP contribution < -0.4 is 10.5 Å². The van der Waals surface area contributed by atoms with E-state index in [0.29, 0.717) is 35.5 Å². The number of fused-ring (bicyclic) bond motifs is 3. The van der Waals surface area contributed by atoms with Crippen LogP contribution >= 0.6 is 11.6 Å². The summed E-state index contributed by atoms with van der Waals surface area (Å²) < 4.78 is 6.89. The SMILES string of the molecule is CN1CC=Cc2c(Cc3ccc(Cl)nc3)cc3c(=O)n([C@H]4CCOC[C@@H]4O)cnc3c21. The van der Waals surface area contributed by atoms with Crippen LogP contribution in [0, 0.1) is 0 Å². The lowest BCUT2D eigenvalue weighted by Gasteiger charge is -2.30. The molecule has 3 aromatic rings. The lowest BCUT2D eigenvalue weighted by molar-refractivity contribution is -0.0395. The molecule has 5 rings (SSSR count). The van der Waals surface area contributed by atoms with Gasteiger partial charge in [-0.1, -0.05) is 29.8 Å². The van der Waals surface area contributed by atoms with Crippen LogP contribution in [0.25, 0.3) is 17.0 Å². The molecule has 1 fully saturated rings. The normalized spacial score (nSPS) is 20.8. The number of aliphatic hydroxyl groups excluding tert-OH is 1. The van der Waals surface area contributed by atoms with Gasteiger partial charge in [-0.25, -0.2) is 9.97 Å². The third kappa shape index (κ3) is 3.63. The molecule has 7 nitrogen and oxygen atoms in total. The number of hydrogen-bond donors (Lipinski definition) is 1. The Morgan fingerprint density at radius 3 is 2.97 bits per heavy atom. The highest BCUT2D eigenvalue weighted by atomic mass is 35.5. The van der Waals surface area contributed by atoms with E-state index in [1.165, 1.54) is 0 Å². The molecule has 2 aliphatic heterocycles. The standard InChI is InChI=1S/C23H23ClN4O3/c1-27-7-2-3-16-15(9-14-4-5-20(24)25-11-14)10-17-21(22(16)27)26-13-28(23(17)30)18-6-8-31-12-19(18)29/h2-5,10-11,13,18-19,29H,6-9,12H2,1H3/t18-,19-/m0/s1. The minimum Gasteiger partial charge on any atom is -0.389 e. The van der Waals surface area contributed by atoms with Crippen molar-refractivity contribution < 1.29 is 9.84 Å². The molecule has 4 heterocycles. The number of halogens is 1. The largest absolute Gasteiger partial charge is 0.389 e. The molecule has 0 unspecified atom stereocenters. The number of rotatable bonds is 3. The molecule has 0 radical (unpaired) electrons. The van der Waals surface area contributed by atoms with Gasteiger partial charge in [0.1, 0.15) is 10.7 Å². The van der Waals surface area contributed by atoms with Gasteiger partial charge in [-0.05, 0) is 36.1 Å². The number of nitrogens with zero attached hydrogens (tertiary/aromatic N) is 4. The van der Waals surface area contributed by atoms with E-state index in [0.717, 1.165) is 28.9 Å².